The molecule has 0 amide bonds. The van der Waals surface area contributed by atoms with E-state index >= 15 is 0 Å². The van der Waals surface area contributed by atoms with E-state index in [0.717, 1.165) is 18.2 Å². The largest absolute Gasteiger partial charge is 0.461 e. The van der Waals surface area contributed by atoms with E-state index in [9.17, 15) is 31.4 Å². The summed E-state index contributed by atoms with van der Waals surface area (Å²) in [5.41, 5.74) is -1.33. The summed E-state index contributed by atoms with van der Waals surface area (Å²) >= 11 is 0. The fourth-order valence-electron chi connectivity index (χ4n) is 3.36. The third kappa shape index (κ3) is 5.96. The highest BCUT2D eigenvalue weighted by molar-refractivity contribution is 5.50. The van der Waals surface area contributed by atoms with Crippen molar-refractivity contribution in [2.24, 2.45) is 5.92 Å². The van der Waals surface area contributed by atoms with Crippen LogP contribution in [-0.4, -0.2) is 32.4 Å². The first-order valence-electron chi connectivity index (χ1n) is 10.1. The fraction of sp³-hybridized carbons (Fsp3) is 0.304. The Morgan fingerprint density at radius 3 is 2.41 bits per heavy atom. The maximum atomic E-state index is 14.6. The molecule has 0 fully saturated rings. The molecule has 5 nitrogen and oxygen atoms in total. The average molecular weight is 485 g/mol. The molecule has 0 saturated heterocycles. The van der Waals surface area contributed by atoms with Crippen LogP contribution in [0.4, 0.5) is 26.3 Å². The Bertz CT molecular complexity index is 1110. The van der Waals surface area contributed by atoms with Crippen molar-refractivity contribution in [1.82, 2.24) is 14.8 Å². The molecule has 0 saturated carbocycles. The number of alkyl halides is 4. The molecule has 1 N–H and O–H groups in total. The Labute approximate surface area is 191 Å². The maximum absolute atomic E-state index is 14.6. The molecule has 2 atom stereocenters. The molecule has 1 heterocycles. The number of benzene rings is 2. The van der Waals surface area contributed by atoms with Gasteiger partial charge in [-0.3, -0.25) is 0 Å². The van der Waals surface area contributed by atoms with Crippen LogP contribution in [-0.2, 0) is 12.1 Å². The van der Waals surface area contributed by atoms with Gasteiger partial charge in [-0.25, -0.2) is 18.4 Å². The molecule has 0 aliphatic carbocycles. The van der Waals surface area contributed by atoms with Gasteiger partial charge in [0.1, 0.15) is 35.6 Å². The number of rotatable bonds is 10. The molecule has 3 rings (SSSR count). The number of hydrogen-bond acceptors (Lipinski definition) is 4. The van der Waals surface area contributed by atoms with Gasteiger partial charge in [0.25, 0.3) is 0 Å². The van der Waals surface area contributed by atoms with Gasteiger partial charge in [0.2, 0.25) is 0 Å². The van der Waals surface area contributed by atoms with E-state index in [2.05, 4.69) is 14.8 Å². The molecule has 2 aromatic carbocycles. The van der Waals surface area contributed by atoms with Gasteiger partial charge < -0.3 is 9.84 Å². The van der Waals surface area contributed by atoms with Gasteiger partial charge >= 0.3 is 12.5 Å². The van der Waals surface area contributed by atoms with Crippen LogP contribution in [0.15, 0.2) is 61.2 Å². The molecule has 0 aliphatic rings. The van der Waals surface area contributed by atoms with E-state index < -0.39 is 41.4 Å². The van der Waals surface area contributed by atoms with Crippen LogP contribution in [0.2, 0.25) is 0 Å². The standard InChI is InChI=1S/C23H21F6N3O2/c1-15(3-2-4-16-5-8-18(9-6-16)34-23(28,29)21(26)27)22(33,12-32-14-30-13-31-32)19-10-7-17(24)11-20(19)25/h2,4-11,13-15,21,33H,3,12H2,1H3/b4-2+/t15-,22+/m0/s1. The summed E-state index contributed by atoms with van der Waals surface area (Å²) < 4.78 is 83.8. The second-order valence-corrected chi connectivity index (χ2v) is 7.71. The second kappa shape index (κ2) is 10.3. The molecule has 0 spiro atoms. The number of hydrogen-bond donors (Lipinski definition) is 1. The van der Waals surface area contributed by atoms with Crippen molar-refractivity contribution >= 4 is 6.08 Å². The minimum absolute atomic E-state index is 0.105. The number of aromatic nitrogens is 3. The molecule has 1 aromatic heterocycles. The number of nitrogens with zero attached hydrogens (tertiary/aromatic N) is 3. The van der Waals surface area contributed by atoms with Crippen molar-refractivity contribution in [2.45, 2.75) is 38.0 Å². The lowest BCUT2D eigenvalue weighted by Gasteiger charge is -2.34. The molecular formula is C23H21F6N3O2. The van der Waals surface area contributed by atoms with Crippen molar-refractivity contribution < 1.29 is 36.2 Å². The van der Waals surface area contributed by atoms with Crippen molar-refractivity contribution in [3.63, 3.8) is 0 Å². The fourth-order valence-corrected chi connectivity index (χ4v) is 3.36. The lowest BCUT2D eigenvalue weighted by Crippen LogP contribution is -2.39. The number of halogens is 6. The highest BCUT2D eigenvalue weighted by Crippen LogP contribution is 2.36. The van der Waals surface area contributed by atoms with Gasteiger partial charge in [-0.1, -0.05) is 37.3 Å². The van der Waals surface area contributed by atoms with Crippen LogP contribution in [0.3, 0.4) is 0 Å². The van der Waals surface area contributed by atoms with Crippen molar-refractivity contribution in [3.8, 4) is 5.75 Å². The highest BCUT2D eigenvalue weighted by Gasteiger charge is 2.44. The lowest BCUT2D eigenvalue weighted by atomic mass is 9.80. The third-order valence-electron chi connectivity index (χ3n) is 5.27. The molecule has 3 aromatic rings. The lowest BCUT2D eigenvalue weighted by molar-refractivity contribution is -0.253. The summed E-state index contributed by atoms with van der Waals surface area (Å²) in [6, 6.07) is 7.93. The van der Waals surface area contributed by atoms with Gasteiger partial charge in [-0.15, -0.1) is 0 Å². The van der Waals surface area contributed by atoms with E-state index in [4.69, 9.17) is 0 Å². The molecule has 0 radical (unpaired) electrons. The van der Waals surface area contributed by atoms with Crippen LogP contribution < -0.4 is 4.74 Å². The van der Waals surface area contributed by atoms with Crippen LogP contribution >= 0.6 is 0 Å². The zero-order valence-corrected chi connectivity index (χ0v) is 17.9. The monoisotopic (exact) mass is 485 g/mol. The maximum Gasteiger partial charge on any atom is 0.461 e. The summed E-state index contributed by atoms with van der Waals surface area (Å²) in [6.07, 6.45) is -2.42. The van der Waals surface area contributed by atoms with Crippen LogP contribution in [0.5, 0.6) is 5.75 Å². The smallest absolute Gasteiger partial charge is 0.428 e. The predicted molar refractivity (Wildman–Crippen MR) is 111 cm³/mol. The summed E-state index contributed by atoms with van der Waals surface area (Å²) in [4.78, 5) is 3.81. The average Bonchev–Trinajstić information content (AvgIpc) is 3.27. The first-order valence-corrected chi connectivity index (χ1v) is 10.1. The van der Waals surface area contributed by atoms with E-state index in [1.807, 2.05) is 0 Å². The summed E-state index contributed by atoms with van der Waals surface area (Å²) in [5, 5.41) is 15.4. The van der Waals surface area contributed by atoms with Gasteiger partial charge in [0, 0.05) is 11.6 Å². The predicted octanol–water partition coefficient (Wildman–Crippen LogP) is 5.42. The van der Waals surface area contributed by atoms with E-state index in [1.165, 1.54) is 35.5 Å². The Balaban J connectivity index is 1.75. The van der Waals surface area contributed by atoms with Gasteiger partial charge in [0.05, 0.1) is 6.54 Å². The Morgan fingerprint density at radius 2 is 1.82 bits per heavy atom. The molecule has 11 heteroatoms. The van der Waals surface area contributed by atoms with Crippen molar-refractivity contribution in [1.29, 1.82) is 0 Å². The SMILES string of the molecule is C[C@@H](C/C=C/c1ccc(OC(F)(F)C(F)F)cc1)[C@](O)(Cn1cncn1)c1ccc(F)cc1F. The Kier molecular flexibility index (Phi) is 7.65. The normalized spacial score (nSPS) is 15.0. The minimum atomic E-state index is -4.60. The van der Waals surface area contributed by atoms with E-state index in [1.54, 1.807) is 19.1 Å². The Hall–Kier alpha value is -3.34. The van der Waals surface area contributed by atoms with E-state index in [-0.39, 0.29) is 18.5 Å². The van der Waals surface area contributed by atoms with Crippen LogP contribution in [0, 0.1) is 17.6 Å². The van der Waals surface area contributed by atoms with Gasteiger partial charge in [-0.05, 0) is 36.1 Å². The van der Waals surface area contributed by atoms with Crippen LogP contribution in [0.25, 0.3) is 6.08 Å². The summed E-state index contributed by atoms with van der Waals surface area (Å²) in [5.74, 6) is -2.70. The number of allylic oxidation sites excluding steroid dienone is 1. The topological polar surface area (TPSA) is 60.2 Å². The third-order valence-corrected chi connectivity index (χ3v) is 5.27. The van der Waals surface area contributed by atoms with Crippen molar-refractivity contribution in [3.05, 3.63) is 84.0 Å². The molecule has 0 unspecified atom stereocenters. The van der Waals surface area contributed by atoms with Crippen molar-refractivity contribution in [2.75, 3.05) is 0 Å². The minimum Gasteiger partial charge on any atom is -0.428 e. The van der Waals surface area contributed by atoms with Crippen LogP contribution in [0.1, 0.15) is 24.5 Å². The zero-order valence-electron chi connectivity index (χ0n) is 17.9. The Morgan fingerprint density at radius 1 is 1.12 bits per heavy atom. The zero-order chi connectivity index (χ0) is 24.9. The highest BCUT2D eigenvalue weighted by atomic mass is 19.3. The first kappa shape index (κ1) is 25.3. The number of aliphatic hydroxyl groups is 1. The van der Waals surface area contributed by atoms with E-state index in [0.29, 0.717) is 11.6 Å². The first-order chi connectivity index (χ1) is 16.0. The molecular weight excluding hydrogens is 464 g/mol. The molecule has 34 heavy (non-hydrogen) atoms. The summed E-state index contributed by atoms with van der Waals surface area (Å²) in [7, 11) is 0. The second-order valence-electron chi connectivity index (χ2n) is 7.71. The molecule has 0 bridgehead atoms. The molecule has 0 aliphatic heterocycles. The van der Waals surface area contributed by atoms with Gasteiger partial charge in [-0.2, -0.15) is 22.7 Å². The molecule has 182 valence electrons. The van der Waals surface area contributed by atoms with Gasteiger partial charge in [0.15, 0.2) is 0 Å². The quantitative estimate of drug-likeness (QED) is 0.390. The number of ether oxygens (including phenoxy) is 1. The summed E-state index contributed by atoms with van der Waals surface area (Å²) in [6.45, 7) is 1.53.